The highest BCUT2D eigenvalue weighted by molar-refractivity contribution is 5.76. The Morgan fingerprint density at radius 2 is 0.697 bits per heavy atom. The summed E-state index contributed by atoms with van der Waals surface area (Å²) >= 11 is 0. The van der Waals surface area contributed by atoms with Crippen LogP contribution in [0.25, 0.3) is 0 Å². The summed E-state index contributed by atoms with van der Waals surface area (Å²) in [5, 5.41) is 23.0. The van der Waals surface area contributed by atoms with Crippen LogP contribution in [-0.4, -0.2) is 47.4 Å². The third-order valence-electron chi connectivity index (χ3n) is 14.1. The number of aliphatic hydroxyl groups is 2. The summed E-state index contributed by atoms with van der Waals surface area (Å²) in [5.41, 5.74) is 0. The molecule has 6 heteroatoms. The number of aliphatic hydroxyl groups excluding tert-OH is 2. The zero-order chi connectivity index (χ0) is 47.9. The van der Waals surface area contributed by atoms with Gasteiger partial charge in [-0.2, -0.15) is 0 Å². The van der Waals surface area contributed by atoms with E-state index in [0.29, 0.717) is 19.4 Å². The first-order valence-corrected chi connectivity index (χ1v) is 30.0. The van der Waals surface area contributed by atoms with E-state index < -0.39 is 12.1 Å². The molecule has 0 heterocycles. The molecule has 1 amide bonds. The van der Waals surface area contributed by atoms with Crippen molar-refractivity contribution in [2.45, 2.75) is 347 Å². The third kappa shape index (κ3) is 52.0. The van der Waals surface area contributed by atoms with Crippen LogP contribution in [0.4, 0.5) is 0 Å². The number of rotatable bonds is 56. The number of esters is 1. The van der Waals surface area contributed by atoms with Crippen LogP contribution in [0.3, 0.4) is 0 Å². The lowest BCUT2D eigenvalue weighted by Gasteiger charge is -2.20. The van der Waals surface area contributed by atoms with Crippen molar-refractivity contribution < 1.29 is 24.5 Å². The van der Waals surface area contributed by atoms with Crippen molar-refractivity contribution in [3.8, 4) is 0 Å². The van der Waals surface area contributed by atoms with Gasteiger partial charge in [0.1, 0.15) is 0 Å². The number of carbonyl (C=O) groups is 2. The molecule has 66 heavy (non-hydrogen) atoms. The minimum absolute atomic E-state index is 0.0161. The van der Waals surface area contributed by atoms with E-state index in [0.717, 1.165) is 38.5 Å². The molecule has 0 spiro atoms. The topological polar surface area (TPSA) is 95.9 Å². The molecule has 0 radical (unpaired) electrons. The van der Waals surface area contributed by atoms with E-state index in [2.05, 4.69) is 19.2 Å². The largest absolute Gasteiger partial charge is 0.466 e. The van der Waals surface area contributed by atoms with E-state index in [-0.39, 0.29) is 18.5 Å². The predicted octanol–water partition coefficient (Wildman–Crippen LogP) is 18.5. The van der Waals surface area contributed by atoms with Crippen LogP contribution in [0.15, 0.2) is 12.2 Å². The first-order chi connectivity index (χ1) is 32.5. The molecule has 0 bridgehead atoms. The average molecular weight is 933 g/mol. The van der Waals surface area contributed by atoms with Gasteiger partial charge in [-0.1, -0.05) is 302 Å². The Hall–Kier alpha value is -1.40. The lowest BCUT2D eigenvalue weighted by Crippen LogP contribution is -2.45. The van der Waals surface area contributed by atoms with Gasteiger partial charge in [-0.05, 0) is 32.1 Å². The van der Waals surface area contributed by atoms with Gasteiger partial charge in [0, 0.05) is 12.8 Å². The lowest BCUT2D eigenvalue weighted by molar-refractivity contribution is -0.143. The van der Waals surface area contributed by atoms with E-state index in [1.807, 2.05) is 6.08 Å². The zero-order valence-electron chi connectivity index (χ0n) is 44.7. The Morgan fingerprint density at radius 1 is 0.409 bits per heavy atom. The van der Waals surface area contributed by atoms with E-state index in [1.54, 1.807) is 6.08 Å². The first kappa shape index (κ1) is 64.6. The normalized spacial score (nSPS) is 12.6. The van der Waals surface area contributed by atoms with Gasteiger partial charge >= 0.3 is 5.97 Å². The van der Waals surface area contributed by atoms with Crippen LogP contribution in [0.5, 0.6) is 0 Å². The quantitative estimate of drug-likeness (QED) is 0.0321. The Balaban J connectivity index is 3.34. The minimum Gasteiger partial charge on any atom is -0.466 e. The fourth-order valence-electron chi connectivity index (χ4n) is 9.46. The van der Waals surface area contributed by atoms with Gasteiger partial charge in [0.2, 0.25) is 5.91 Å². The molecule has 392 valence electrons. The summed E-state index contributed by atoms with van der Waals surface area (Å²) in [6.07, 6.45) is 66.8. The van der Waals surface area contributed by atoms with Gasteiger partial charge in [0.15, 0.2) is 0 Å². The fraction of sp³-hybridized carbons (Fsp3) is 0.933. The number of amides is 1. The van der Waals surface area contributed by atoms with Gasteiger partial charge in [-0.3, -0.25) is 9.59 Å². The molecule has 0 fully saturated rings. The highest BCUT2D eigenvalue weighted by Gasteiger charge is 2.18. The smallest absolute Gasteiger partial charge is 0.305 e. The second kappa shape index (κ2) is 56.2. The number of carbonyl (C=O) groups excluding carboxylic acids is 2. The Labute approximate surface area is 412 Å². The van der Waals surface area contributed by atoms with Gasteiger partial charge < -0.3 is 20.3 Å². The molecule has 3 N–H and O–H groups in total. The van der Waals surface area contributed by atoms with E-state index in [4.69, 9.17) is 4.74 Å². The summed E-state index contributed by atoms with van der Waals surface area (Å²) in [5.74, 6) is -0.0534. The van der Waals surface area contributed by atoms with Crippen LogP contribution < -0.4 is 5.32 Å². The maximum absolute atomic E-state index is 12.4. The number of nitrogens with one attached hydrogen (secondary N) is 1. The molecule has 2 unspecified atom stereocenters. The number of hydrogen-bond acceptors (Lipinski definition) is 5. The maximum Gasteiger partial charge on any atom is 0.305 e. The molecule has 0 saturated heterocycles. The Bertz CT molecular complexity index is 986. The molecule has 0 aliphatic rings. The zero-order valence-corrected chi connectivity index (χ0v) is 44.7. The van der Waals surface area contributed by atoms with Crippen molar-refractivity contribution in [1.82, 2.24) is 5.32 Å². The van der Waals surface area contributed by atoms with Crippen LogP contribution >= 0.6 is 0 Å². The molecule has 2 atom stereocenters. The SMILES string of the molecule is CCCCCCCCCC/C=C/C(O)C(CO)NC(=O)CCCCCCCCCCCCCCCCCCCCCCCOC(=O)CCCCCCCCCCCCCCCCCCCC. The Morgan fingerprint density at radius 3 is 1.03 bits per heavy atom. The number of ether oxygens (including phenoxy) is 1. The highest BCUT2D eigenvalue weighted by Crippen LogP contribution is 2.18. The molecule has 0 aliphatic carbocycles. The first-order valence-electron chi connectivity index (χ1n) is 30.0. The van der Waals surface area contributed by atoms with Crippen molar-refractivity contribution in [1.29, 1.82) is 0 Å². The van der Waals surface area contributed by atoms with Gasteiger partial charge in [-0.15, -0.1) is 0 Å². The van der Waals surface area contributed by atoms with Crippen molar-refractivity contribution in [2.24, 2.45) is 0 Å². The average Bonchev–Trinajstić information content (AvgIpc) is 3.32. The maximum atomic E-state index is 12.4. The number of unbranched alkanes of at least 4 members (excludes halogenated alkanes) is 45. The minimum atomic E-state index is -0.842. The van der Waals surface area contributed by atoms with Crippen molar-refractivity contribution in [3.63, 3.8) is 0 Å². The molecular formula is C60H117NO5. The number of allylic oxidation sites excluding steroid dienone is 1. The summed E-state index contributed by atoms with van der Waals surface area (Å²) in [4.78, 5) is 24.5. The molecule has 0 rings (SSSR count). The second-order valence-electron chi connectivity index (χ2n) is 20.7. The summed E-state index contributed by atoms with van der Waals surface area (Å²) < 4.78 is 5.50. The lowest BCUT2D eigenvalue weighted by atomic mass is 10.0. The highest BCUT2D eigenvalue weighted by atomic mass is 16.5. The molecule has 0 aromatic heterocycles. The number of hydrogen-bond donors (Lipinski definition) is 3. The fourth-order valence-corrected chi connectivity index (χ4v) is 9.46. The summed E-state index contributed by atoms with van der Waals surface area (Å²) in [6, 6.07) is -0.626. The molecule has 0 aromatic carbocycles. The van der Waals surface area contributed by atoms with E-state index in [1.165, 1.54) is 270 Å². The molecule has 0 aliphatic heterocycles. The monoisotopic (exact) mass is 932 g/mol. The summed E-state index contributed by atoms with van der Waals surface area (Å²) in [6.45, 7) is 4.90. The van der Waals surface area contributed by atoms with Gasteiger partial charge in [0.25, 0.3) is 0 Å². The van der Waals surface area contributed by atoms with Crippen LogP contribution in [0.2, 0.25) is 0 Å². The van der Waals surface area contributed by atoms with E-state index in [9.17, 15) is 19.8 Å². The molecular weight excluding hydrogens is 815 g/mol. The standard InChI is InChI=1S/C60H117NO5/c1-3-5-7-9-11-13-15-16-17-18-25-28-31-34-38-42-46-50-54-60(65)66-55-51-47-43-39-35-32-29-26-23-21-19-20-22-24-27-30-33-37-41-45-49-53-59(64)61-57(56-62)58(63)52-48-44-40-36-14-12-10-8-6-4-2/h48,52,57-58,62-63H,3-47,49-51,53-56H2,1-2H3,(H,61,64)/b52-48+. The van der Waals surface area contributed by atoms with Crippen LogP contribution in [0.1, 0.15) is 335 Å². The molecule has 0 aromatic rings. The van der Waals surface area contributed by atoms with Crippen molar-refractivity contribution in [3.05, 3.63) is 12.2 Å². The Kier molecular flexibility index (Phi) is 55.0. The van der Waals surface area contributed by atoms with Crippen molar-refractivity contribution >= 4 is 11.9 Å². The molecule has 0 saturated carbocycles. The van der Waals surface area contributed by atoms with Gasteiger partial charge in [0.05, 0.1) is 25.4 Å². The third-order valence-corrected chi connectivity index (χ3v) is 14.1. The van der Waals surface area contributed by atoms with Crippen LogP contribution in [0, 0.1) is 0 Å². The summed E-state index contributed by atoms with van der Waals surface area (Å²) in [7, 11) is 0. The van der Waals surface area contributed by atoms with E-state index >= 15 is 0 Å². The predicted molar refractivity (Wildman–Crippen MR) is 287 cm³/mol. The van der Waals surface area contributed by atoms with Crippen molar-refractivity contribution in [2.75, 3.05) is 13.2 Å². The van der Waals surface area contributed by atoms with Gasteiger partial charge in [-0.25, -0.2) is 0 Å². The van der Waals surface area contributed by atoms with Crippen LogP contribution in [-0.2, 0) is 14.3 Å². The second-order valence-corrected chi connectivity index (χ2v) is 20.7. The molecule has 6 nitrogen and oxygen atoms in total.